The molecule has 2 rings (SSSR count). The van der Waals surface area contributed by atoms with Gasteiger partial charge in [0, 0.05) is 18.3 Å². The molecule has 5 heteroatoms. The summed E-state index contributed by atoms with van der Waals surface area (Å²) in [4.78, 5) is 14.1. The van der Waals surface area contributed by atoms with Crippen molar-refractivity contribution in [2.75, 3.05) is 38.2 Å². The van der Waals surface area contributed by atoms with Gasteiger partial charge in [-0.05, 0) is 45.0 Å². The van der Waals surface area contributed by atoms with Crippen molar-refractivity contribution < 1.29 is 14.3 Å². The third kappa shape index (κ3) is 5.63. The molecule has 0 atom stereocenters. The highest BCUT2D eigenvalue weighted by Gasteiger charge is 2.10. The fraction of sp³-hybridized carbons (Fsp3) is 0.562. The molecule has 1 N–H and O–H groups in total. The molecule has 1 amide bonds. The predicted molar refractivity (Wildman–Crippen MR) is 82.9 cm³/mol. The molecule has 5 nitrogen and oxygen atoms in total. The molecule has 0 radical (unpaired) electrons. The second-order valence-corrected chi connectivity index (χ2v) is 5.12. The fourth-order valence-corrected chi connectivity index (χ4v) is 2.43. The zero-order valence-corrected chi connectivity index (χ0v) is 12.6. The van der Waals surface area contributed by atoms with Crippen molar-refractivity contribution in [3.8, 4) is 5.75 Å². The number of piperidine rings is 1. The molecule has 0 bridgehead atoms. The van der Waals surface area contributed by atoms with Crippen LogP contribution in [0.15, 0.2) is 24.3 Å². The average Bonchev–Trinajstić information content (AvgIpc) is 2.49. The second kappa shape index (κ2) is 8.52. The molecule has 1 saturated heterocycles. The van der Waals surface area contributed by atoms with E-state index in [0.29, 0.717) is 18.9 Å². The van der Waals surface area contributed by atoms with Gasteiger partial charge < -0.3 is 9.47 Å². The lowest BCUT2D eigenvalue weighted by Crippen LogP contribution is -2.33. The van der Waals surface area contributed by atoms with Crippen LogP contribution in [0, 0.1) is 0 Å². The number of carbonyl (C=O) groups excluding carboxylic acids is 1. The normalized spacial score (nSPS) is 15.5. The smallest absolute Gasteiger partial charge is 0.411 e. The van der Waals surface area contributed by atoms with E-state index < -0.39 is 6.09 Å². The van der Waals surface area contributed by atoms with Crippen LogP contribution in [0.4, 0.5) is 10.5 Å². The molecule has 1 aromatic rings. The molecule has 1 heterocycles. The third-order valence-electron chi connectivity index (χ3n) is 3.48. The van der Waals surface area contributed by atoms with Crippen molar-refractivity contribution in [2.24, 2.45) is 0 Å². The van der Waals surface area contributed by atoms with Gasteiger partial charge in [-0.15, -0.1) is 0 Å². The van der Waals surface area contributed by atoms with Crippen LogP contribution in [0.25, 0.3) is 0 Å². The number of amides is 1. The minimum absolute atomic E-state index is 0.416. The Morgan fingerprint density at radius 3 is 2.86 bits per heavy atom. The molecule has 0 saturated carbocycles. The first-order valence-electron chi connectivity index (χ1n) is 7.67. The molecule has 21 heavy (non-hydrogen) atoms. The minimum atomic E-state index is -0.416. The lowest BCUT2D eigenvalue weighted by atomic mass is 10.1. The number of likely N-dealkylation sites (tertiary alicyclic amines) is 1. The average molecular weight is 292 g/mol. The summed E-state index contributed by atoms with van der Waals surface area (Å²) in [7, 11) is 0. The Hall–Kier alpha value is -1.75. The Morgan fingerprint density at radius 2 is 2.10 bits per heavy atom. The second-order valence-electron chi connectivity index (χ2n) is 5.12. The molecule has 0 aromatic heterocycles. The van der Waals surface area contributed by atoms with Gasteiger partial charge in [0.1, 0.15) is 12.4 Å². The van der Waals surface area contributed by atoms with Gasteiger partial charge in [0.05, 0.1) is 6.61 Å². The summed E-state index contributed by atoms with van der Waals surface area (Å²) in [6.07, 6.45) is 3.39. The summed E-state index contributed by atoms with van der Waals surface area (Å²) in [6, 6.07) is 7.30. The van der Waals surface area contributed by atoms with Crippen molar-refractivity contribution in [2.45, 2.75) is 26.2 Å². The highest BCUT2D eigenvalue weighted by atomic mass is 16.5. The number of rotatable bonds is 6. The number of carbonyl (C=O) groups is 1. The summed E-state index contributed by atoms with van der Waals surface area (Å²) in [5, 5.41) is 2.72. The maximum Gasteiger partial charge on any atom is 0.411 e. The predicted octanol–water partition coefficient (Wildman–Crippen LogP) is 3.12. The van der Waals surface area contributed by atoms with Gasteiger partial charge in [-0.1, -0.05) is 12.5 Å². The molecular weight excluding hydrogens is 268 g/mol. The maximum atomic E-state index is 11.7. The number of hydrogen-bond acceptors (Lipinski definition) is 4. The summed E-state index contributed by atoms with van der Waals surface area (Å²) < 4.78 is 10.6. The first kappa shape index (κ1) is 15.6. The highest BCUT2D eigenvalue weighted by molar-refractivity contribution is 5.84. The summed E-state index contributed by atoms with van der Waals surface area (Å²) >= 11 is 0. The first-order chi connectivity index (χ1) is 10.3. The number of ether oxygens (including phenoxy) is 2. The van der Waals surface area contributed by atoms with Gasteiger partial charge in [-0.3, -0.25) is 10.2 Å². The summed E-state index contributed by atoms with van der Waals surface area (Å²) in [5.74, 6) is 0.739. The molecular formula is C16H24N2O3. The van der Waals surface area contributed by atoms with E-state index in [4.69, 9.17) is 9.47 Å². The van der Waals surface area contributed by atoms with Gasteiger partial charge in [0.15, 0.2) is 0 Å². The zero-order valence-electron chi connectivity index (χ0n) is 12.6. The Bertz CT molecular complexity index is 445. The molecule has 116 valence electrons. The number of nitrogens with zero attached hydrogens (tertiary/aromatic N) is 1. The lowest BCUT2D eigenvalue weighted by Gasteiger charge is -2.25. The Kier molecular flexibility index (Phi) is 6.34. The van der Waals surface area contributed by atoms with Crippen LogP contribution in [0.1, 0.15) is 26.2 Å². The number of hydrogen-bond donors (Lipinski definition) is 1. The van der Waals surface area contributed by atoms with E-state index in [-0.39, 0.29) is 0 Å². The first-order valence-corrected chi connectivity index (χ1v) is 7.67. The Labute approximate surface area is 126 Å². The van der Waals surface area contributed by atoms with Crippen molar-refractivity contribution in [1.29, 1.82) is 0 Å². The molecule has 0 spiro atoms. The molecule has 1 aliphatic heterocycles. The zero-order chi connectivity index (χ0) is 14.9. The quantitative estimate of drug-likeness (QED) is 0.875. The van der Waals surface area contributed by atoms with Crippen LogP contribution >= 0.6 is 0 Å². The molecule has 1 aromatic carbocycles. The lowest BCUT2D eigenvalue weighted by molar-refractivity contribution is 0.131. The SMILES string of the molecule is CCOc1cccc(NC(=O)OCCN2CCCCC2)c1. The molecule has 0 unspecified atom stereocenters. The van der Waals surface area contributed by atoms with Gasteiger partial charge >= 0.3 is 6.09 Å². The maximum absolute atomic E-state index is 11.7. The van der Waals surface area contributed by atoms with Gasteiger partial charge in [-0.25, -0.2) is 4.79 Å². The van der Waals surface area contributed by atoms with Gasteiger partial charge in [0.25, 0.3) is 0 Å². The van der Waals surface area contributed by atoms with Crippen LogP contribution in [-0.2, 0) is 4.74 Å². The topological polar surface area (TPSA) is 50.8 Å². The highest BCUT2D eigenvalue weighted by Crippen LogP contribution is 2.17. The summed E-state index contributed by atoms with van der Waals surface area (Å²) in [5.41, 5.74) is 0.684. The minimum Gasteiger partial charge on any atom is -0.494 e. The van der Waals surface area contributed by atoms with E-state index in [1.807, 2.05) is 25.1 Å². The summed E-state index contributed by atoms with van der Waals surface area (Å²) in [6.45, 7) is 5.99. The van der Waals surface area contributed by atoms with E-state index in [0.717, 1.165) is 25.4 Å². The monoisotopic (exact) mass is 292 g/mol. The Balaban J connectivity index is 1.70. The largest absolute Gasteiger partial charge is 0.494 e. The van der Waals surface area contributed by atoms with Gasteiger partial charge in [-0.2, -0.15) is 0 Å². The molecule has 1 aliphatic rings. The van der Waals surface area contributed by atoms with Crippen molar-refractivity contribution in [3.05, 3.63) is 24.3 Å². The van der Waals surface area contributed by atoms with Gasteiger partial charge in [0.2, 0.25) is 0 Å². The van der Waals surface area contributed by atoms with Crippen LogP contribution in [-0.4, -0.2) is 43.8 Å². The van der Waals surface area contributed by atoms with Crippen LogP contribution in [0.5, 0.6) is 5.75 Å². The van der Waals surface area contributed by atoms with E-state index in [2.05, 4.69) is 10.2 Å². The van der Waals surface area contributed by atoms with Crippen LogP contribution < -0.4 is 10.1 Å². The van der Waals surface area contributed by atoms with E-state index in [1.54, 1.807) is 6.07 Å². The van der Waals surface area contributed by atoms with Crippen LogP contribution in [0.2, 0.25) is 0 Å². The number of benzene rings is 1. The number of nitrogens with one attached hydrogen (secondary N) is 1. The standard InChI is InChI=1S/C16H24N2O3/c1-2-20-15-8-6-7-14(13-15)17-16(19)21-12-11-18-9-4-3-5-10-18/h6-8,13H,2-5,9-12H2,1H3,(H,17,19). The van der Waals surface area contributed by atoms with Crippen molar-refractivity contribution in [1.82, 2.24) is 4.90 Å². The van der Waals surface area contributed by atoms with E-state index in [9.17, 15) is 4.79 Å². The Morgan fingerprint density at radius 1 is 1.29 bits per heavy atom. The van der Waals surface area contributed by atoms with Crippen molar-refractivity contribution in [3.63, 3.8) is 0 Å². The molecule has 0 aliphatic carbocycles. The van der Waals surface area contributed by atoms with Crippen molar-refractivity contribution >= 4 is 11.8 Å². The molecule has 1 fully saturated rings. The van der Waals surface area contributed by atoms with Crippen LogP contribution in [0.3, 0.4) is 0 Å². The third-order valence-corrected chi connectivity index (χ3v) is 3.48. The van der Waals surface area contributed by atoms with E-state index >= 15 is 0 Å². The van der Waals surface area contributed by atoms with E-state index in [1.165, 1.54) is 19.3 Å². The number of anilines is 1. The fourth-order valence-electron chi connectivity index (χ4n) is 2.43.